The lowest BCUT2D eigenvalue weighted by Crippen LogP contribution is -2.05. The first kappa shape index (κ1) is 18.5. The van der Waals surface area contributed by atoms with Gasteiger partial charge in [0.2, 0.25) is 0 Å². The number of ether oxygens (including phenoxy) is 1. The van der Waals surface area contributed by atoms with E-state index in [2.05, 4.69) is 5.10 Å². The second-order valence-corrected chi connectivity index (χ2v) is 7.02. The van der Waals surface area contributed by atoms with Gasteiger partial charge >= 0.3 is 5.97 Å². The molecule has 0 atom stereocenters. The second-order valence-electron chi connectivity index (χ2n) is 6.21. The van der Waals surface area contributed by atoms with Crippen LogP contribution >= 0.6 is 23.2 Å². The molecule has 0 bridgehead atoms. The Morgan fingerprint density at radius 3 is 2.46 bits per heavy atom. The summed E-state index contributed by atoms with van der Waals surface area (Å²) in [6.07, 6.45) is 0. The number of hydrogen-bond donors (Lipinski definition) is 0. The molecule has 0 saturated heterocycles. The highest BCUT2D eigenvalue weighted by molar-refractivity contribution is 6.42. The van der Waals surface area contributed by atoms with Gasteiger partial charge in [-0.05, 0) is 37.3 Å². The lowest BCUT2D eigenvalue weighted by Gasteiger charge is -2.09. The number of carbonyl (C=O) groups is 1. The Labute approximate surface area is 171 Å². The molecule has 0 unspecified atom stereocenters. The SMILES string of the molecule is COC(=O)c1cc(-c2ccc(Cl)c(Cl)c2)nc2c1c(C)nn2-c1ccccc1. The predicted molar refractivity (Wildman–Crippen MR) is 110 cm³/mol. The summed E-state index contributed by atoms with van der Waals surface area (Å²) in [6, 6.07) is 16.5. The van der Waals surface area contributed by atoms with Gasteiger partial charge in [-0.2, -0.15) is 5.10 Å². The number of benzene rings is 2. The molecule has 0 amide bonds. The first-order valence-electron chi connectivity index (χ1n) is 8.49. The predicted octanol–water partition coefficient (Wildman–Crippen LogP) is 5.49. The monoisotopic (exact) mass is 411 g/mol. The highest BCUT2D eigenvalue weighted by Gasteiger charge is 2.21. The summed E-state index contributed by atoms with van der Waals surface area (Å²) in [5.74, 6) is -0.454. The fourth-order valence-electron chi connectivity index (χ4n) is 3.11. The third kappa shape index (κ3) is 3.13. The van der Waals surface area contributed by atoms with E-state index in [1.807, 2.05) is 37.3 Å². The molecule has 140 valence electrons. The Balaban J connectivity index is 2.05. The van der Waals surface area contributed by atoms with E-state index in [0.29, 0.717) is 38.0 Å². The number of halogens is 2. The molecule has 0 aliphatic heterocycles. The maximum atomic E-state index is 12.5. The van der Waals surface area contributed by atoms with Gasteiger partial charge < -0.3 is 4.74 Å². The average molecular weight is 412 g/mol. The lowest BCUT2D eigenvalue weighted by molar-refractivity contribution is 0.0603. The van der Waals surface area contributed by atoms with Gasteiger partial charge in [0, 0.05) is 5.56 Å². The van der Waals surface area contributed by atoms with E-state index in [1.54, 1.807) is 28.9 Å². The lowest BCUT2D eigenvalue weighted by atomic mass is 10.1. The van der Waals surface area contributed by atoms with Gasteiger partial charge in [0.25, 0.3) is 0 Å². The van der Waals surface area contributed by atoms with Crippen molar-refractivity contribution in [2.24, 2.45) is 0 Å². The van der Waals surface area contributed by atoms with E-state index < -0.39 is 5.97 Å². The van der Waals surface area contributed by atoms with Crippen LogP contribution in [-0.4, -0.2) is 27.8 Å². The van der Waals surface area contributed by atoms with Crippen molar-refractivity contribution in [2.75, 3.05) is 7.11 Å². The second kappa shape index (κ2) is 7.26. The number of aryl methyl sites for hydroxylation is 1. The van der Waals surface area contributed by atoms with Gasteiger partial charge in [0.05, 0.1) is 45.2 Å². The molecular weight excluding hydrogens is 397 g/mol. The Bertz CT molecular complexity index is 1200. The number of aromatic nitrogens is 3. The maximum Gasteiger partial charge on any atom is 0.338 e. The van der Waals surface area contributed by atoms with E-state index in [9.17, 15) is 4.79 Å². The van der Waals surface area contributed by atoms with Gasteiger partial charge in [-0.15, -0.1) is 0 Å². The molecule has 4 aromatic rings. The van der Waals surface area contributed by atoms with Gasteiger partial charge in [0.15, 0.2) is 5.65 Å². The standard InChI is InChI=1S/C21H15Cl2N3O2/c1-12-19-15(21(27)28-2)11-18(13-8-9-16(22)17(23)10-13)24-20(19)26(25-12)14-6-4-3-5-7-14/h3-11H,1-2H3. The number of para-hydroxylation sites is 1. The molecule has 5 nitrogen and oxygen atoms in total. The number of fused-ring (bicyclic) bond motifs is 1. The molecule has 0 spiro atoms. The fourth-order valence-corrected chi connectivity index (χ4v) is 3.41. The summed E-state index contributed by atoms with van der Waals surface area (Å²) < 4.78 is 6.72. The molecular formula is C21H15Cl2N3O2. The van der Waals surface area contributed by atoms with Crippen LogP contribution in [0.2, 0.25) is 10.0 Å². The van der Waals surface area contributed by atoms with Crippen LogP contribution in [0.1, 0.15) is 16.1 Å². The zero-order valence-electron chi connectivity index (χ0n) is 15.1. The van der Waals surface area contributed by atoms with E-state index in [-0.39, 0.29) is 0 Å². The van der Waals surface area contributed by atoms with E-state index in [4.69, 9.17) is 32.9 Å². The van der Waals surface area contributed by atoms with Crippen molar-refractivity contribution in [3.63, 3.8) is 0 Å². The minimum absolute atomic E-state index is 0.397. The number of hydrogen-bond acceptors (Lipinski definition) is 4. The van der Waals surface area contributed by atoms with Crippen LogP contribution in [0.25, 0.3) is 28.0 Å². The summed E-state index contributed by atoms with van der Waals surface area (Å²) in [4.78, 5) is 17.3. The van der Waals surface area contributed by atoms with Gasteiger partial charge in [-0.3, -0.25) is 0 Å². The van der Waals surface area contributed by atoms with Crippen LogP contribution < -0.4 is 0 Å². The third-order valence-electron chi connectivity index (χ3n) is 4.43. The minimum atomic E-state index is -0.454. The number of rotatable bonds is 3. The Kier molecular flexibility index (Phi) is 4.79. The van der Waals surface area contributed by atoms with Gasteiger partial charge in [0.1, 0.15) is 0 Å². The van der Waals surface area contributed by atoms with Crippen molar-refractivity contribution in [3.8, 4) is 16.9 Å². The third-order valence-corrected chi connectivity index (χ3v) is 5.17. The minimum Gasteiger partial charge on any atom is -0.465 e. The van der Waals surface area contributed by atoms with Crippen molar-refractivity contribution in [1.29, 1.82) is 0 Å². The number of nitrogens with zero attached hydrogens (tertiary/aromatic N) is 3. The Morgan fingerprint density at radius 1 is 1.04 bits per heavy atom. The fraction of sp³-hybridized carbons (Fsp3) is 0.0952. The largest absolute Gasteiger partial charge is 0.465 e. The van der Waals surface area contributed by atoms with E-state index >= 15 is 0 Å². The molecule has 7 heteroatoms. The van der Waals surface area contributed by atoms with Crippen LogP contribution in [-0.2, 0) is 4.74 Å². The molecule has 0 fully saturated rings. The number of methoxy groups -OCH3 is 1. The normalized spacial score (nSPS) is 11.0. The van der Waals surface area contributed by atoms with Gasteiger partial charge in [-0.25, -0.2) is 14.5 Å². The van der Waals surface area contributed by atoms with Crippen LogP contribution in [0.5, 0.6) is 0 Å². The van der Waals surface area contributed by atoms with Crippen molar-refractivity contribution in [3.05, 3.63) is 75.9 Å². The molecule has 0 radical (unpaired) electrons. The van der Waals surface area contributed by atoms with Gasteiger partial charge in [-0.1, -0.05) is 47.5 Å². The van der Waals surface area contributed by atoms with Crippen LogP contribution in [0.3, 0.4) is 0 Å². The zero-order chi connectivity index (χ0) is 19.8. The zero-order valence-corrected chi connectivity index (χ0v) is 16.6. The first-order valence-corrected chi connectivity index (χ1v) is 9.24. The topological polar surface area (TPSA) is 57.0 Å². The summed E-state index contributed by atoms with van der Waals surface area (Å²) in [5, 5.41) is 6.11. The van der Waals surface area contributed by atoms with Crippen molar-refractivity contribution >= 4 is 40.2 Å². The van der Waals surface area contributed by atoms with Crippen LogP contribution in [0.15, 0.2) is 54.6 Å². The Morgan fingerprint density at radius 2 is 1.79 bits per heavy atom. The molecule has 28 heavy (non-hydrogen) atoms. The highest BCUT2D eigenvalue weighted by atomic mass is 35.5. The summed E-state index contributed by atoms with van der Waals surface area (Å²) >= 11 is 12.2. The summed E-state index contributed by atoms with van der Waals surface area (Å²) in [6.45, 7) is 1.84. The maximum absolute atomic E-state index is 12.5. The number of carbonyl (C=O) groups excluding carboxylic acids is 1. The average Bonchev–Trinajstić information content (AvgIpc) is 3.06. The van der Waals surface area contributed by atoms with Crippen molar-refractivity contribution in [2.45, 2.75) is 6.92 Å². The van der Waals surface area contributed by atoms with Crippen molar-refractivity contribution < 1.29 is 9.53 Å². The molecule has 2 aromatic heterocycles. The summed E-state index contributed by atoms with van der Waals surface area (Å²) in [5.41, 5.74) is 3.80. The molecule has 0 N–H and O–H groups in total. The van der Waals surface area contributed by atoms with Crippen LogP contribution in [0.4, 0.5) is 0 Å². The first-order chi connectivity index (χ1) is 13.5. The molecule has 2 heterocycles. The molecule has 4 rings (SSSR count). The smallest absolute Gasteiger partial charge is 0.338 e. The molecule has 0 aliphatic rings. The molecule has 0 aliphatic carbocycles. The van der Waals surface area contributed by atoms with E-state index in [0.717, 1.165) is 11.3 Å². The molecule has 2 aromatic carbocycles. The number of pyridine rings is 1. The quantitative estimate of drug-likeness (QED) is 0.418. The Hall–Kier alpha value is -2.89. The highest BCUT2D eigenvalue weighted by Crippen LogP contribution is 2.32. The van der Waals surface area contributed by atoms with Crippen LogP contribution in [0, 0.1) is 6.92 Å². The number of esters is 1. The van der Waals surface area contributed by atoms with E-state index in [1.165, 1.54) is 7.11 Å². The molecule has 0 saturated carbocycles. The van der Waals surface area contributed by atoms with Crippen molar-refractivity contribution in [1.82, 2.24) is 14.8 Å². The summed E-state index contributed by atoms with van der Waals surface area (Å²) in [7, 11) is 1.35.